The van der Waals surface area contributed by atoms with Crippen molar-refractivity contribution in [3.63, 3.8) is 0 Å². The number of alkyl carbamates (subject to hydrolysis) is 1. The van der Waals surface area contributed by atoms with Gasteiger partial charge in [0.25, 0.3) is 0 Å². The molecule has 2 heterocycles. The van der Waals surface area contributed by atoms with Crippen LogP contribution < -0.4 is 5.32 Å². The number of aromatic nitrogens is 3. The Kier molecular flexibility index (Phi) is 4.39. The molecule has 2 rings (SSSR count). The Hall–Kier alpha value is -2.50. The Morgan fingerprint density at radius 2 is 2.11 bits per heavy atom. The highest BCUT2D eigenvalue weighted by molar-refractivity contribution is 5.66. The van der Waals surface area contributed by atoms with Crippen LogP contribution >= 0.6 is 0 Å². The van der Waals surface area contributed by atoms with Crippen molar-refractivity contribution in [3.8, 4) is 11.4 Å². The fourth-order valence-electron chi connectivity index (χ4n) is 1.47. The van der Waals surface area contributed by atoms with Gasteiger partial charge in [-0.05, 0) is 25.1 Å². The molecule has 6 nitrogen and oxygen atoms in total. The number of nitrogens with zero attached hydrogens (tertiary/aromatic N) is 3. The molecule has 0 spiro atoms. The second kappa shape index (κ2) is 6.44. The maximum atomic E-state index is 11.2. The monoisotopic (exact) mass is 258 g/mol. The molecular weight excluding hydrogens is 244 g/mol. The number of carbonyl (C=O) groups is 1. The standard InChI is InChI=1S/C13H14N4O2/c1-2-19-13(18)16-9-12-15-8-6-11(17-12)10-5-3-4-7-14-10/h3-8H,2,9H2,1H3,(H,16,18). The number of amides is 1. The average Bonchev–Trinajstić information content (AvgIpc) is 2.47. The van der Waals surface area contributed by atoms with Gasteiger partial charge < -0.3 is 10.1 Å². The van der Waals surface area contributed by atoms with Crippen LogP contribution in [-0.4, -0.2) is 27.7 Å². The third-order valence-corrected chi connectivity index (χ3v) is 2.30. The topological polar surface area (TPSA) is 77.0 Å². The minimum Gasteiger partial charge on any atom is -0.450 e. The third kappa shape index (κ3) is 3.74. The lowest BCUT2D eigenvalue weighted by Crippen LogP contribution is -2.24. The summed E-state index contributed by atoms with van der Waals surface area (Å²) in [5.41, 5.74) is 1.48. The molecule has 1 N–H and O–H groups in total. The van der Waals surface area contributed by atoms with Crippen LogP contribution in [0.3, 0.4) is 0 Å². The van der Waals surface area contributed by atoms with Gasteiger partial charge in [-0.2, -0.15) is 0 Å². The van der Waals surface area contributed by atoms with Crippen molar-refractivity contribution in [1.29, 1.82) is 0 Å². The van der Waals surface area contributed by atoms with E-state index in [2.05, 4.69) is 20.3 Å². The summed E-state index contributed by atoms with van der Waals surface area (Å²) < 4.78 is 4.76. The Bertz CT molecular complexity index is 545. The molecule has 0 aliphatic carbocycles. The first-order valence-electron chi connectivity index (χ1n) is 5.93. The molecule has 19 heavy (non-hydrogen) atoms. The van der Waals surface area contributed by atoms with E-state index >= 15 is 0 Å². The number of nitrogens with one attached hydrogen (secondary N) is 1. The predicted molar refractivity (Wildman–Crippen MR) is 69.1 cm³/mol. The SMILES string of the molecule is CCOC(=O)NCc1nccc(-c2ccccn2)n1. The van der Waals surface area contributed by atoms with Crippen LogP contribution in [-0.2, 0) is 11.3 Å². The summed E-state index contributed by atoms with van der Waals surface area (Å²) in [6, 6.07) is 7.37. The maximum Gasteiger partial charge on any atom is 0.407 e. The summed E-state index contributed by atoms with van der Waals surface area (Å²) in [5, 5.41) is 2.57. The molecule has 0 fully saturated rings. The lowest BCUT2D eigenvalue weighted by molar-refractivity contribution is 0.151. The van der Waals surface area contributed by atoms with E-state index in [4.69, 9.17) is 4.74 Å². The van der Waals surface area contributed by atoms with E-state index in [1.807, 2.05) is 18.2 Å². The van der Waals surface area contributed by atoms with Gasteiger partial charge in [0.05, 0.1) is 24.5 Å². The highest BCUT2D eigenvalue weighted by atomic mass is 16.5. The summed E-state index contributed by atoms with van der Waals surface area (Å²) in [6.45, 7) is 2.30. The van der Waals surface area contributed by atoms with Crippen LogP contribution in [0.5, 0.6) is 0 Å². The highest BCUT2D eigenvalue weighted by Crippen LogP contribution is 2.12. The summed E-state index contributed by atoms with van der Waals surface area (Å²) in [7, 11) is 0. The van der Waals surface area contributed by atoms with Crippen molar-refractivity contribution in [1.82, 2.24) is 20.3 Å². The molecule has 0 radical (unpaired) electrons. The summed E-state index contributed by atoms with van der Waals surface area (Å²) >= 11 is 0. The van der Waals surface area contributed by atoms with Crippen LogP contribution in [0.15, 0.2) is 36.7 Å². The van der Waals surface area contributed by atoms with E-state index in [1.165, 1.54) is 0 Å². The zero-order chi connectivity index (χ0) is 13.5. The van der Waals surface area contributed by atoms with Gasteiger partial charge in [0, 0.05) is 12.4 Å². The van der Waals surface area contributed by atoms with Crippen LogP contribution in [0.1, 0.15) is 12.7 Å². The summed E-state index contributed by atoms with van der Waals surface area (Å²) in [4.78, 5) is 23.8. The number of ether oxygens (including phenoxy) is 1. The van der Waals surface area contributed by atoms with E-state index < -0.39 is 6.09 Å². The van der Waals surface area contributed by atoms with E-state index in [-0.39, 0.29) is 6.54 Å². The van der Waals surface area contributed by atoms with Gasteiger partial charge in [0.2, 0.25) is 0 Å². The van der Waals surface area contributed by atoms with Gasteiger partial charge in [-0.15, -0.1) is 0 Å². The molecule has 2 aromatic rings. The fourth-order valence-corrected chi connectivity index (χ4v) is 1.47. The Morgan fingerprint density at radius 3 is 2.84 bits per heavy atom. The highest BCUT2D eigenvalue weighted by Gasteiger charge is 2.05. The van der Waals surface area contributed by atoms with E-state index in [9.17, 15) is 4.79 Å². The number of rotatable bonds is 4. The van der Waals surface area contributed by atoms with Crippen LogP contribution in [0.4, 0.5) is 4.79 Å². The quantitative estimate of drug-likeness (QED) is 0.904. The Morgan fingerprint density at radius 1 is 1.21 bits per heavy atom. The van der Waals surface area contributed by atoms with Gasteiger partial charge in [0.15, 0.2) is 0 Å². The Balaban J connectivity index is 2.06. The average molecular weight is 258 g/mol. The third-order valence-electron chi connectivity index (χ3n) is 2.30. The molecule has 0 unspecified atom stereocenters. The van der Waals surface area contributed by atoms with Crippen LogP contribution in [0, 0.1) is 0 Å². The number of hydrogen-bond acceptors (Lipinski definition) is 5. The minimum absolute atomic E-state index is 0.222. The lowest BCUT2D eigenvalue weighted by atomic mass is 10.2. The molecule has 0 aromatic carbocycles. The molecule has 0 saturated heterocycles. The fraction of sp³-hybridized carbons (Fsp3) is 0.231. The molecular formula is C13H14N4O2. The van der Waals surface area contributed by atoms with Crippen molar-refractivity contribution in [2.24, 2.45) is 0 Å². The number of hydrogen-bond donors (Lipinski definition) is 1. The smallest absolute Gasteiger partial charge is 0.407 e. The molecule has 6 heteroatoms. The van der Waals surface area contributed by atoms with Crippen molar-refractivity contribution < 1.29 is 9.53 Å². The lowest BCUT2D eigenvalue weighted by Gasteiger charge is -2.05. The zero-order valence-electron chi connectivity index (χ0n) is 10.5. The predicted octanol–water partition coefficient (Wildman–Crippen LogP) is 1.78. The van der Waals surface area contributed by atoms with Gasteiger partial charge in [-0.25, -0.2) is 14.8 Å². The van der Waals surface area contributed by atoms with Crippen LogP contribution in [0.2, 0.25) is 0 Å². The Labute approximate surface area is 110 Å². The van der Waals surface area contributed by atoms with Crippen molar-refractivity contribution in [3.05, 3.63) is 42.5 Å². The molecule has 0 aliphatic rings. The van der Waals surface area contributed by atoms with Crippen molar-refractivity contribution >= 4 is 6.09 Å². The van der Waals surface area contributed by atoms with Crippen LogP contribution in [0.25, 0.3) is 11.4 Å². The number of carbonyl (C=O) groups excluding carboxylic acids is 1. The summed E-state index contributed by atoms with van der Waals surface area (Å²) in [6.07, 6.45) is 2.86. The largest absolute Gasteiger partial charge is 0.450 e. The second-order valence-electron chi connectivity index (χ2n) is 3.65. The minimum atomic E-state index is -0.477. The van der Waals surface area contributed by atoms with Gasteiger partial charge >= 0.3 is 6.09 Å². The van der Waals surface area contributed by atoms with Crippen molar-refractivity contribution in [2.75, 3.05) is 6.61 Å². The molecule has 0 atom stereocenters. The van der Waals surface area contributed by atoms with E-state index in [1.54, 1.807) is 25.4 Å². The molecule has 0 bridgehead atoms. The molecule has 98 valence electrons. The normalized spacial score (nSPS) is 9.95. The molecule has 0 aliphatic heterocycles. The van der Waals surface area contributed by atoms with E-state index in [0.29, 0.717) is 12.4 Å². The maximum absolute atomic E-state index is 11.2. The zero-order valence-corrected chi connectivity index (χ0v) is 10.5. The molecule has 2 aromatic heterocycles. The molecule has 0 saturated carbocycles. The molecule has 1 amide bonds. The van der Waals surface area contributed by atoms with E-state index in [0.717, 1.165) is 11.4 Å². The summed E-state index contributed by atoms with van der Waals surface area (Å²) in [5.74, 6) is 0.510. The first-order valence-corrected chi connectivity index (χ1v) is 5.93. The van der Waals surface area contributed by atoms with Crippen molar-refractivity contribution in [2.45, 2.75) is 13.5 Å². The van der Waals surface area contributed by atoms with Gasteiger partial charge in [-0.1, -0.05) is 6.07 Å². The first-order chi connectivity index (χ1) is 9.29. The first kappa shape index (κ1) is 12.9. The van der Waals surface area contributed by atoms with Gasteiger partial charge in [0.1, 0.15) is 5.82 Å². The van der Waals surface area contributed by atoms with Gasteiger partial charge in [-0.3, -0.25) is 4.98 Å². The number of pyridine rings is 1. The second-order valence-corrected chi connectivity index (χ2v) is 3.65.